The van der Waals surface area contributed by atoms with E-state index in [1.165, 1.54) is 19.3 Å². The molecule has 0 aromatic rings. The van der Waals surface area contributed by atoms with Crippen molar-refractivity contribution in [2.45, 2.75) is 52.9 Å². The second kappa shape index (κ2) is 5.33. The fraction of sp³-hybridized carbons (Fsp3) is 0.769. The molecule has 0 saturated heterocycles. The maximum absolute atomic E-state index is 11.9. The Morgan fingerprint density at radius 2 is 1.86 bits per heavy atom. The second-order valence-corrected chi connectivity index (χ2v) is 4.46. The number of ketones is 1. The van der Waals surface area contributed by atoms with Gasteiger partial charge in [-0.1, -0.05) is 19.4 Å². The minimum Gasteiger partial charge on any atom is -0.294 e. The van der Waals surface area contributed by atoms with Crippen LogP contribution in [0.25, 0.3) is 0 Å². The van der Waals surface area contributed by atoms with E-state index in [-0.39, 0.29) is 0 Å². The highest BCUT2D eigenvalue weighted by Crippen LogP contribution is 2.32. The van der Waals surface area contributed by atoms with E-state index in [0.717, 1.165) is 24.3 Å². The Bertz CT molecular complexity index is 219. The van der Waals surface area contributed by atoms with Crippen LogP contribution in [0.1, 0.15) is 52.9 Å². The summed E-state index contributed by atoms with van der Waals surface area (Å²) in [5.41, 5.74) is 0.949. The molecule has 0 atom stereocenters. The zero-order valence-electron chi connectivity index (χ0n) is 9.68. The highest BCUT2D eigenvalue weighted by Gasteiger charge is 2.25. The normalized spacial score (nSPS) is 28.9. The number of carbonyl (C=O) groups excluding carboxylic acids is 1. The van der Waals surface area contributed by atoms with Gasteiger partial charge in [-0.05, 0) is 51.0 Å². The summed E-state index contributed by atoms with van der Waals surface area (Å²) in [6.07, 6.45) is 7.95. The number of rotatable bonds is 3. The third-order valence-electron chi connectivity index (χ3n) is 3.62. The fourth-order valence-electron chi connectivity index (χ4n) is 2.30. The topological polar surface area (TPSA) is 17.1 Å². The average molecular weight is 194 g/mol. The standard InChI is InChI=1S/C13H22O/c1-4-10(3)13(14)12-8-6-11(5-2)7-9-12/h4,11-12H,5-9H2,1-3H3/b10-4-. The van der Waals surface area contributed by atoms with E-state index in [0.29, 0.717) is 11.7 Å². The van der Waals surface area contributed by atoms with Crippen molar-refractivity contribution in [3.8, 4) is 0 Å². The van der Waals surface area contributed by atoms with Crippen molar-refractivity contribution in [3.63, 3.8) is 0 Å². The fourth-order valence-corrected chi connectivity index (χ4v) is 2.30. The molecule has 1 aliphatic carbocycles. The van der Waals surface area contributed by atoms with Crippen LogP contribution in [0.4, 0.5) is 0 Å². The highest BCUT2D eigenvalue weighted by atomic mass is 16.1. The Morgan fingerprint density at radius 1 is 1.29 bits per heavy atom. The van der Waals surface area contributed by atoms with Gasteiger partial charge >= 0.3 is 0 Å². The first-order valence-corrected chi connectivity index (χ1v) is 5.86. The molecule has 0 heterocycles. The van der Waals surface area contributed by atoms with E-state index in [2.05, 4.69) is 6.92 Å². The first kappa shape index (κ1) is 11.5. The molecule has 1 heteroatoms. The van der Waals surface area contributed by atoms with Gasteiger partial charge in [-0.3, -0.25) is 4.79 Å². The molecule has 0 aliphatic heterocycles. The molecule has 1 saturated carbocycles. The molecule has 0 unspecified atom stereocenters. The summed E-state index contributed by atoms with van der Waals surface area (Å²) >= 11 is 0. The number of carbonyl (C=O) groups is 1. The van der Waals surface area contributed by atoms with E-state index in [9.17, 15) is 4.79 Å². The largest absolute Gasteiger partial charge is 0.294 e. The van der Waals surface area contributed by atoms with Crippen LogP contribution in [-0.2, 0) is 4.79 Å². The third-order valence-corrected chi connectivity index (χ3v) is 3.62. The molecule has 0 aromatic carbocycles. The number of hydrogen-bond donors (Lipinski definition) is 0. The highest BCUT2D eigenvalue weighted by molar-refractivity contribution is 5.96. The monoisotopic (exact) mass is 194 g/mol. The van der Waals surface area contributed by atoms with E-state index < -0.39 is 0 Å². The number of allylic oxidation sites excluding steroid dienone is 2. The van der Waals surface area contributed by atoms with Gasteiger partial charge in [0.1, 0.15) is 0 Å². The SMILES string of the molecule is C/C=C(/C)C(=O)C1CCC(CC)CC1. The van der Waals surface area contributed by atoms with E-state index in [4.69, 9.17) is 0 Å². The first-order chi connectivity index (χ1) is 6.69. The molecule has 1 fully saturated rings. The second-order valence-electron chi connectivity index (χ2n) is 4.46. The average Bonchev–Trinajstić information content (AvgIpc) is 2.27. The zero-order valence-corrected chi connectivity index (χ0v) is 9.68. The van der Waals surface area contributed by atoms with Crippen molar-refractivity contribution in [2.75, 3.05) is 0 Å². The lowest BCUT2D eigenvalue weighted by Gasteiger charge is -2.26. The Labute approximate surface area is 87.6 Å². The molecule has 1 aliphatic rings. The van der Waals surface area contributed by atoms with Crippen LogP contribution in [-0.4, -0.2) is 5.78 Å². The smallest absolute Gasteiger partial charge is 0.161 e. The van der Waals surface area contributed by atoms with Gasteiger partial charge in [0.05, 0.1) is 0 Å². The van der Waals surface area contributed by atoms with Crippen LogP contribution >= 0.6 is 0 Å². The Morgan fingerprint density at radius 3 is 2.29 bits per heavy atom. The van der Waals surface area contributed by atoms with Gasteiger partial charge in [0.2, 0.25) is 0 Å². The van der Waals surface area contributed by atoms with Crippen LogP contribution < -0.4 is 0 Å². The number of hydrogen-bond acceptors (Lipinski definition) is 1. The van der Waals surface area contributed by atoms with Crippen LogP contribution in [0.3, 0.4) is 0 Å². The molecule has 0 bridgehead atoms. The van der Waals surface area contributed by atoms with Gasteiger partial charge in [0.15, 0.2) is 5.78 Å². The zero-order chi connectivity index (χ0) is 10.6. The van der Waals surface area contributed by atoms with Gasteiger partial charge in [-0.2, -0.15) is 0 Å². The molecule has 0 aromatic heterocycles. The van der Waals surface area contributed by atoms with Crippen molar-refractivity contribution in [1.29, 1.82) is 0 Å². The molecule has 0 spiro atoms. The third kappa shape index (κ3) is 2.70. The van der Waals surface area contributed by atoms with E-state index in [1.54, 1.807) is 0 Å². The van der Waals surface area contributed by atoms with Crippen molar-refractivity contribution < 1.29 is 4.79 Å². The van der Waals surface area contributed by atoms with Crippen LogP contribution in [0, 0.1) is 11.8 Å². The lowest BCUT2D eigenvalue weighted by molar-refractivity contribution is -0.120. The summed E-state index contributed by atoms with van der Waals surface area (Å²) in [5, 5.41) is 0. The minimum absolute atomic E-state index is 0.328. The molecule has 0 N–H and O–H groups in total. The van der Waals surface area contributed by atoms with Crippen molar-refractivity contribution >= 4 is 5.78 Å². The van der Waals surface area contributed by atoms with Gasteiger partial charge in [-0.25, -0.2) is 0 Å². The maximum Gasteiger partial charge on any atom is 0.161 e. The van der Waals surface area contributed by atoms with Gasteiger partial charge in [-0.15, -0.1) is 0 Å². The van der Waals surface area contributed by atoms with Gasteiger partial charge < -0.3 is 0 Å². The van der Waals surface area contributed by atoms with Crippen LogP contribution in [0.15, 0.2) is 11.6 Å². The van der Waals surface area contributed by atoms with Gasteiger partial charge in [0, 0.05) is 5.92 Å². The van der Waals surface area contributed by atoms with Crippen LogP contribution in [0.5, 0.6) is 0 Å². The van der Waals surface area contributed by atoms with Crippen molar-refractivity contribution in [2.24, 2.45) is 11.8 Å². The van der Waals surface area contributed by atoms with E-state index >= 15 is 0 Å². The Kier molecular flexibility index (Phi) is 4.37. The van der Waals surface area contributed by atoms with Gasteiger partial charge in [0.25, 0.3) is 0 Å². The quantitative estimate of drug-likeness (QED) is 0.625. The Balaban J connectivity index is 2.46. The summed E-state index contributed by atoms with van der Waals surface area (Å²) in [6, 6.07) is 0. The molecular formula is C13H22O. The maximum atomic E-state index is 11.9. The lowest BCUT2D eigenvalue weighted by atomic mass is 9.78. The Hall–Kier alpha value is -0.590. The predicted molar refractivity (Wildman–Crippen MR) is 60.2 cm³/mol. The summed E-state index contributed by atoms with van der Waals surface area (Å²) in [4.78, 5) is 11.9. The van der Waals surface area contributed by atoms with Crippen molar-refractivity contribution in [3.05, 3.63) is 11.6 Å². The minimum atomic E-state index is 0.328. The molecule has 1 rings (SSSR count). The van der Waals surface area contributed by atoms with E-state index in [1.807, 2.05) is 19.9 Å². The predicted octanol–water partition coefficient (Wildman–Crippen LogP) is 3.74. The molecule has 14 heavy (non-hydrogen) atoms. The molecule has 0 amide bonds. The van der Waals surface area contributed by atoms with Crippen LogP contribution in [0.2, 0.25) is 0 Å². The summed E-state index contributed by atoms with van der Waals surface area (Å²) in [5.74, 6) is 1.60. The first-order valence-electron chi connectivity index (χ1n) is 5.86. The summed E-state index contributed by atoms with van der Waals surface area (Å²) in [7, 11) is 0. The summed E-state index contributed by atoms with van der Waals surface area (Å²) < 4.78 is 0. The van der Waals surface area contributed by atoms with Crippen molar-refractivity contribution in [1.82, 2.24) is 0 Å². The molecular weight excluding hydrogens is 172 g/mol. The molecule has 1 nitrogen and oxygen atoms in total. The number of Topliss-reactive ketones (excluding diaryl/α,β-unsaturated/α-hetero) is 1. The molecule has 0 radical (unpaired) electrons. The summed E-state index contributed by atoms with van der Waals surface area (Å²) in [6.45, 7) is 6.14. The molecule has 80 valence electrons. The lowest BCUT2D eigenvalue weighted by Crippen LogP contribution is -2.22.